The molecule has 0 fully saturated rings. The Morgan fingerprint density at radius 3 is 2.11 bits per heavy atom. The first kappa shape index (κ1) is 15.0. The van der Waals surface area contributed by atoms with Gasteiger partial charge in [0.2, 0.25) is 0 Å². The van der Waals surface area contributed by atoms with Gasteiger partial charge < -0.3 is 0 Å². The highest BCUT2D eigenvalue weighted by Gasteiger charge is 2.59. The van der Waals surface area contributed by atoms with Crippen molar-refractivity contribution in [2.45, 2.75) is 12.3 Å². The van der Waals surface area contributed by atoms with Gasteiger partial charge in [-0.05, 0) is 51.6 Å². The molecule has 4 aliphatic carbocycles. The largest absolute Gasteiger partial charge is 0.0617 e. The van der Waals surface area contributed by atoms with E-state index in [0.29, 0.717) is 0 Å². The van der Waals surface area contributed by atoms with Gasteiger partial charge in [0.15, 0.2) is 0 Å². The van der Waals surface area contributed by atoms with E-state index in [1.807, 2.05) is 0 Å². The molecule has 0 heteroatoms. The number of hydrogen-bond acceptors (Lipinski definition) is 0. The van der Waals surface area contributed by atoms with Crippen molar-refractivity contribution in [3.63, 3.8) is 0 Å². The monoisotopic (exact) mass is 344 g/mol. The van der Waals surface area contributed by atoms with Crippen molar-refractivity contribution in [2.24, 2.45) is 5.41 Å². The number of allylic oxidation sites excluding steroid dienone is 14. The lowest BCUT2D eigenvalue weighted by atomic mass is 9.44. The van der Waals surface area contributed by atoms with E-state index in [2.05, 4.69) is 110 Å². The first-order valence-electron chi connectivity index (χ1n) is 9.62. The van der Waals surface area contributed by atoms with Gasteiger partial charge in [0.1, 0.15) is 0 Å². The second-order valence-electron chi connectivity index (χ2n) is 7.98. The Morgan fingerprint density at radius 2 is 1.22 bits per heavy atom. The van der Waals surface area contributed by atoms with E-state index in [1.165, 1.54) is 38.6 Å². The van der Waals surface area contributed by atoms with Crippen molar-refractivity contribution in [2.75, 3.05) is 0 Å². The van der Waals surface area contributed by atoms with Gasteiger partial charge in [-0.3, -0.25) is 0 Å². The molecule has 0 radical (unpaired) electrons. The summed E-state index contributed by atoms with van der Waals surface area (Å²) >= 11 is 0. The zero-order valence-electron chi connectivity index (χ0n) is 15.3. The fourth-order valence-electron chi connectivity index (χ4n) is 5.65. The van der Waals surface area contributed by atoms with Crippen molar-refractivity contribution < 1.29 is 0 Å². The highest BCUT2D eigenvalue weighted by atomic mass is 14.6. The Morgan fingerprint density at radius 1 is 0.593 bits per heavy atom. The van der Waals surface area contributed by atoms with E-state index in [4.69, 9.17) is 0 Å². The average molecular weight is 344 g/mol. The number of hydrogen-bond donors (Lipinski definition) is 0. The molecule has 0 nitrogen and oxygen atoms in total. The molecular weight excluding hydrogens is 324 g/mol. The molecular formula is C27H20. The SMILES string of the molecule is CC12C3=CC=CC1=CC=C1C=CC=C(C=C3)C12c1ccc2ccccc2c1. The Balaban J connectivity index is 1.76. The second kappa shape index (κ2) is 4.98. The molecule has 0 spiro atoms. The van der Waals surface area contributed by atoms with Crippen molar-refractivity contribution >= 4 is 10.8 Å². The van der Waals surface area contributed by atoms with Crippen LogP contribution in [0.1, 0.15) is 12.5 Å². The van der Waals surface area contributed by atoms with E-state index in [-0.39, 0.29) is 10.8 Å². The number of fused-ring (bicyclic) bond motifs is 1. The van der Waals surface area contributed by atoms with Crippen LogP contribution in [0.4, 0.5) is 0 Å². The highest BCUT2D eigenvalue weighted by Crippen LogP contribution is 2.65. The first-order chi connectivity index (χ1) is 13.2. The van der Waals surface area contributed by atoms with Gasteiger partial charge >= 0.3 is 0 Å². The molecule has 2 aromatic rings. The van der Waals surface area contributed by atoms with Gasteiger partial charge in [0.25, 0.3) is 0 Å². The number of rotatable bonds is 1. The summed E-state index contributed by atoms with van der Waals surface area (Å²) < 4.78 is 0. The van der Waals surface area contributed by atoms with Gasteiger partial charge in [0.05, 0.1) is 5.41 Å². The third-order valence-corrected chi connectivity index (χ3v) is 6.94. The van der Waals surface area contributed by atoms with Crippen LogP contribution in [0.15, 0.2) is 126 Å². The molecule has 0 saturated heterocycles. The molecule has 0 saturated carbocycles. The molecule has 2 unspecified atom stereocenters. The summed E-state index contributed by atoms with van der Waals surface area (Å²) in [6.07, 6.45) is 22.8. The lowest BCUT2D eigenvalue weighted by molar-refractivity contribution is 0.320. The topological polar surface area (TPSA) is 0 Å². The minimum absolute atomic E-state index is 0.0976. The van der Waals surface area contributed by atoms with Gasteiger partial charge in [-0.1, -0.05) is 97.2 Å². The smallest absolute Gasteiger partial charge is 0.0585 e. The van der Waals surface area contributed by atoms with Crippen molar-refractivity contribution in [1.29, 1.82) is 0 Å². The van der Waals surface area contributed by atoms with Crippen LogP contribution in [-0.4, -0.2) is 0 Å². The fourth-order valence-corrected chi connectivity index (χ4v) is 5.65. The van der Waals surface area contributed by atoms with Crippen LogP contribution < -0.4 is 0 Å². The molecule has 2 atom stereocenters. The lowest BCUT2D eigenvalue weighted by Gasteiger charge is -2.57. The van der Waals surface area contributed by atoms with Crippen molar-refractivity contribution in [3.8, 4) is 0 Å². The van der Waals surface area contributed by atoms with Gasteiger partial charge in [0, 0.05) is 5.41 Å². The molecule has 128 valence electrons. The lowest BCUT2D eigenvalue weighted by Crippen LogP contribution is -2.52. The molecule has 0 bridgehead atoms. The first-order valence-corrected chi connectivity index (χ1v) is 9.62. The molecule has 0 aliphatic heterocycles. The van der Waals surface area contributed by atoms with Crippen LogP contribution >= 0.6 is 0 Å². The predicted molar refractivity (Wildman–Crippen MR) is 113 cm³/mol. The summed E-state index contributed by atoms with van der Waals surface area (Å²) in [7, 11) is 0. The van der Waals surface area contributed by atoms with Crippen LogP contribution in [0, 0.1) is 5.41 Å². The number of benzene rings is 2. The van der Waals surface area contributed by atoms with Crippen LogP contribution in [0.25, 0.3) is 10.8 Å². The van der Waals surface area contributed by atoms with Gasteiger partial charge in [-0.25, -0.2) is 0 Å². The summed E-state index contributed by atoms with van der Waals surface area (Å²) in [5.74, 6) is 0. The van der Waals surface area contributed by atoms with E-state index >= 15 is 0 Å². The third-order valence-electron chi connectivity index (χ3n) is 6.94. The molecule has 27 heavy (non-hydrogen) atoms. The fraction of sp³-hybridized carbons (Fsp3) is 0.111. The van der Waals surface area contributed by atoms with Gasteiger partial charge in [-0.2, -0.15) is 0 Å². The molecule has 4 aliphatic rings. The Hall–Kier alpha value is -3.12. The van der Waals surface area contributed by atoms with E-state index in [9.17, 15) is 0 Å². The zero-order chi connectivity index (χ0) is 18.1. The van der Waals surface area contributed by atoms with Crippen LogP contribution in [0.3, 0.4) is 0 Å². The molecule has 0 N–H and O–H groups in total. The Kier molecular flexibility index (Phi) is 2.77. The minimum Gasteiger partial charge on any atom is -0.0617 e. The molecule has 0 heterocycles. The second-order valence-corrected chi connectivity index (χ2v) is 7.98. The van der Waals surface area contributed by atoms with E-state index < -0.39 is 0 Å². The maximum Gasteiger partial charge on any atom is 0.0585 e. The van der Waals surface area contributed by atoms with E-state index in [1.54, 1.807) is 0 Å². The quantitative estimate of drug-likeness (QED) is 0.553. The van der Waals surface area contributed by atoms with Crippen LogP contribution in [0.5, 0.6) is 0 Å². The molecule has 0 amide bonds. The van der Waals surface area contributed by atoms with E-state index in [0.717, 1.165) is 0 Å². The minimum atomic E-state index is -0.179. The Bertz CT molecular complexity index is 1220. The molecule has 2 aromatic carbocycles. The van der Waals surface area contributed by atoms with Crippen LogP contribution in [-0.2, 0) is 5.41 Å². The third kappa shape index (κ3) is 1.64. The maximum atomic E-state index is 2.42. The molecule has 0 aromatic heterocycles. The summed E-state index contributed by atoms with van der Waals surface area (Å²) in [6.45, 7) is 2.42. The standard InChI is InChI=1S/C27H20/c1-26-21-8-4-9-22(26)15-17-24-11-5-10-23(16-14-21)27(24,26)25-13-12-19-6-2-3-7-20(19)18-25/h2-18H,1H3. The Labute approximate surface area is 159 Å². The average Bonchev–Trinajstić information content (AvgIpc) is 2.71. The maximum absolute atomic E-state index is 2.42. The summed E-state index contributed by atoms with van der Waals surface area (Å²) in [6, 6.07) is 15.7. The summed E-state index contributed by atoms with van der Waals surface area (Å²) in [5.41, 5.74) is 6.65. The summed E-state index contributed by atoms with van der Waals surface area (Å²) in [5, 5.41) is 2.60. The van der Waals surface area contributed by atoms with Crippen molar-refractivity contribution in [1.82, 2.24) is 0 Å². The van der Waals surface area contributed by atoms with Crippen molar-refractivity contribution in [3.05, 3.63) is 131 Å². The zero-order valence-corrected chi connectivity index (χ0v) is 15.3. The van der Waals surface area contributed by atoms with Crippen LogP contribution in [0.2, 0.25) is 0 Å². The van der Waals surface area contributed by atoms with Gasteiger partial charge in [-0.15, -0.1) is 0 Å². The normalized spacial score (nSPS) is 29.7. The predicted octanol–water partition coefficient (Wildman–Crippen LogP) is 6.51. The summed E-state index contributed by atoms with van der Waals surface area (Å²) in [4.78, 5) is 0. The highest BCUT2D eigenvalue weighted by molar-refractivity contribution is 5.85. The molecule has 6 rings (SSSR count).